The molecule has 4 N–H and O–H groups in total. The van der Waals surface area contributed by atoms with E-state index in [1.54, 1.807) is 0 Å². The molecule has 6 heteroatoms. The minimum atomic E-state index is -1.25. The Kier molecular flexibility index (Phi) is 6.35. The van der Waals surface area contributed by atoms with E-state index in [1.165, 1.54) is 0 Å². The molecule has 0 aliphatic rings. The molecule has 1 aromatic carbocycles. The molecule has 1 rings (SSSR count). The topological polar surface area (TPSA) is 98.0 Å². The van der Waals surface area contributed by atoms with Crippen LogP contribution >= 0.6 is 0 Å². The Bertz CT molecular complexity index is 403. The van der Waals surface area contributed by atoms with E-state index in [0.717, 1.165) is 6.07 Å². The van der Waals surface area contributed by atoms with Crippen molar-refractivity contribution in [2.75, 3.05) is 0 Å². The average molecular weight is 252 g/mol. The molecule has 1 aromatic rings. The molecule has 0 saturated heterocycles. The zero-order valence-corrected chi connectivity index (χ0v) is 8.19. The van der Waals surface area contributed by atoms with Gasteiger partial charge in [0, 0.05) is 5.56 Å². The van der Waals surface area contributed by atoms with Crippen LogP contribution in [0.2, 0.25) is 0 Å². The fourth-order valence-corrected chi connectivity index (χ4v) is 1.38. The van der Waals surface area contributed by atoms with E-state index in [2.05, 4.69) is 0 Å². The van der Waals surface area contributed by atoms with Gasteiger partial charge in [0.05, 0.1) is 5.56 Å². The number of hydrogen-bond donors (Lipinski definition) is 4. The molecule has 16 heavy (non-hydrogen) atoms. The number of phenolic OH excluding ortho intramolecular Hbond substituents is 3. The van der Waals surface area contributed by atoms with Crippen LogP contribution in [0.1, 0.15) is 29.3 Å². The number of rotatable bonds is 3. The van der Waals surface area contributed by atoms with Crippen LogP contribution in [0.3, 0.4) is 0 Å². The van der Waals surface area contributed by atoms with Gasteiger partial charge in [-0.2, -0.15) is 0 Å². The van der Waals surface area contributed by atoms with E-state index in [9.17, 15) is 15.0 Å². The zero-order chi connectivity index (χ0) is 11.6. The van der Waals surface area contributed by atoms with E-state index < -0.39 is 23.2 Å². The van der Waals surface area contributed by atoms with Gasteiger partial charge in [-0.15, -0.1) is 0 Å². The summed E-state index contributed by atoms with van der Waals surface area (Å²) in [6.45, 7) is 1.81. The fourth-order valence-electron chi connectivity index (χ4n) is 1.38. The summed E-state index contributed by atoms with van der Waals surface area (Å²) < 4.78 is 0. The van der Waals surface area contributed by atoms with Crippen molar-refractivity contribution in [3.63, 3.8) is 0 Å². The molecule has 0 aliphatic heterocycles. The van der Waals surface area contributed by atoms with Crippen LogP contribution in [-0.2, 0) is 6.42 Å². The third-order valence-electron chi connectivity index (χ3n) is 2.09. The SMILES string of the molecule is CCCc1c(C(=O)O)cc(O)c(O)c1O.[KH]. The third kappa shape index (κ3) is 3.11. The van der Waals surface area contributed by atoms with Crippen LogP contribution in [0, 0.1) is 0 Å². The van der Waals surface area contributed by atoms with Crippen LogP contribution in [0.4, 0.5) is 0 Å². The summed E-state index contributed by atoms with van der Waals surface area (Å²) >= 11 is 0. The number of hydrogen-bond acceptors (Lipinski definition) is 4. The predicted octanol–water partition coefficient (Wildman–Crippen LogP) is 0.806. The maximum atomic E-state index is 10.8. The Morgan fingerprint density at radius 1 is 1.25 bits per heavy atom. The number of benzene rings is 1. The van der Waals surface area contributed by atoms with E-state index in [1.807, 2.05) is 6.92 Å². The molecule has 0 atom stereocenters. The first-order valence-electron chi connectivity index (χ1n) is 4.49. The Morgan fingerprint density at radius 3 is 2.25 bits per heavy atom. The van der Waals surface area contributed by atoms with Crippen molar-refractivity contribution in [2.24, 2.45) is 0 Å². The first-order chi connectivity index (χ1) is 6.99. The fraction of sp³-hybridized carbons (Fsp3) is 0.300. The first kappa shape index (κ1) is 15.7. The minimum absolute atomic E-state index is 0. The molecular formula is C10H13KO5. The molecule has 0 aromatic heterocycles. The Balaban J connectivity index is 0.00000225. The maximum absolute atomic E-state index is 10.8. The molecular weight excluding hydrogens is 239 g/mol. The molecule has 0 fully saturated rings. The molecule has 0 saturated carbocycles. The molecule has 0 aliphatic carbocycles. The van der Waals surface area contributed by atoms with Crippen molar-refractivity contribution in [3.05, 3.63) is 17.2 Å². The van der Waals surface area contributed by atoms with Crippen LogP contribution in [-0.4, -0.2) is 77.8 Å². The number of carbonyl (C=O) groups is 1. The molecule has 0 amide bonds. The first-order valence-corrected chi connectivity index (χ1v) is 4.49. The van der Waals surface area contributed by atoms with Gasteiger partial charge in [0.15, 0.2) is 11.5 Å². The Morgan fingerprint density at radius 2 is 1.81 bits per heavy atom. The van der Waals surface area contributed by atoms with Crippen LogP contribution in [0.25, 0.3) is 0 Å². The molecule has 0 spiro atoms. The molecule has 0 bridgehead atoms. The second kappa shape index (κ2) is 6.46. The molecule has 0 unspecified atom stereocenters. The number of phenols is 3. The van der Waals surface area contributed by atoms with E-state index in [4.69, 9.17) is 10.2 Å². The van der Waals surface area contributed by atoms with Gasteiger partial charge in [0.25, 0.3) is 0 Å². The van der Waals surface area contributed by atoms with E-state index in [-0.39, 0.29) is 62.5 Å². The summed E-state index contributed by atoms with van der Waals surface area (Å²) in [6, 6.07) is 0.933. The van der Waals surface area contributed by atoms with Crippen molar-refractivity contribution in [2.45, 2.75) is 19.8 Å². The number of aromatic carboxylic acids is 1. The molecule has 5 nitrogen and oxygen atoms in total. The van der Waals surface area contributed by atoms with Gasteiger partial charge < -0.3 is 20.4 Å². The van der Waals surface area contributed by atoms with Gasteiger partial charge in [-0.25, -0.2) is 4.79 Å². The normalized spacial score (nSPS) is 9.56. The van der Waals surface area contributed by atoms with Crippen LogP contribution < -0.4 is 0 Å². The third-order valence-corrected chi connectivity index (χ3v) is 2.09. The standard InChI is InChI=1S/C10H12O5.K.H/c1-2-3-5-6(10(14)15)4-7(11)9(13)8(5)12;;/h4,11-13H,2-3H2,1H3,(H,14,15);;. The van der Waals surface area contributed by atoms with E-state index >= 15 is 0 Å². The Labute approximate surface area is 135 Å². The molecule has 0 radical (unpaired) electrons. The van der Waals surface area contributed by atoms with Gasteiger partial charge >= 0.3 is 57.4 Å². The monoisotopic (exact) mass is 252 g/mol. The Hall–Kier alpha value is -0.274. The number of aromatic hydroxyl groups is 3. The van der Waals surface area contributed by atoms with Gasteiger partial charge in [-0.1, -0.05) is 13.3 Å². The van der Waals surface area contributed by atoms with Gasteiger partial charge in [0.1, 0.15) is 0 Å². The molecule has 0 heterocycles. The van der Waals surface area contributed by atoms with Gasteiger partial charge in [-0.05, 0) is 12.5 Å². The predicted molar refractivity (Wildman–Crippen MR) is 59.5 cm³/mol. The average Bonchev–Trinajstić information content (AvgIpc) is 2.18. The zero-order valence-electron chi connectivity index (χ0n) is 8.19. The summed E-state index contributed by atoms with van der Waals surface area (Å²) in [5.41, 5.74) is -0.0510. The van der Waals surface area contributed by atoms with Crippen molar-refractivity contribution < 1.29 is 25.2 Å². The summed E-state index contributed by atoms with van der Waals surface area (Å²) in [5.74, 6) is -3.12. The van der Waals surface area contributed by atoms with E-state index in [0.29, 0.717) is 12.8 Å². The summed E-state index contributed by atoms with van der Waals surface area (Å²) in [4.78, 5) is 10.8. The van der Waals surface area contributed by atoms with Gasteiger partial charge in [-0.3, -0.25) is 0 Å². The van der Waals surface area contributed by atoms with Crippen molar-refractivity contribution in [1.29, 1.82) is 0 Å². The molecule has 84 valence electrons. The summed E-state index contributed by atoms with van der Waals surface area (Å²) in [5, 5.41) is 36.7. The number of carboxylic acids is 1. The van der Waals surface area contributed by atoms with Gasteiger partial charge in [0.2, 0.25) is 5.75 Å². The van der Waals surface area contributed by atoms with Crippen LogP contribution in [0.5, 0.6) is 17.2 Å². The second-order valence-corrected chi connectivity index (χ2v) is 3.17. The number of carboxylic acid groups (broad SMARTS) is 1. The second-order valence-electron chi connectivity index (χ2n) is 3.17. The van der Waals surface area contributed by atoms with Crippen molar-refractivity contribution in [1.82, 2.24) is 0 Å². The quantitative estimate of drug-likeness (QED) is 0.471. The summed E-state index contributed by atoms with van der Waals surface area (Å²) in [7, 11) is 0. The van der Waals surface area contributed by atoms with Crippen molar-refractivity contribution >= 4 is 57.4 Å². The summed E-state index contributed by atoms with van der Waals surface area (Å²) in [6.07, 6.45) is 0.944. The van der Waals surface area contributed by atoms with Crippen molar-refractivity contribution in [3.8, 4) is 17.2 Å². The van der Waals surface area contributed by atoms with Crippen LogP contribution in [0.15, 0.2) is 6.07 Å².